The van der Waals surface area contributed by atoms with Gasteiger partial charge in [-0.3, -0.25) is 0 Å². The van der Waals surface area contributed by atoms with E-state index in [1.807, 2.05) is 72.8 Å². The number of benzene rings is 16. The molecule has 0 fully saturated rings. The Kier molecular flexibility index (Phi) is 16.9. The molecule has 0 N–H and O–H groups in total. The summed E-state index contributed by atoms with van der Waals surface area (Å²) < 4.78 is 4.62. The molecule has 0 saturated carbocycles. The summed E-state index contributed by atoms with van der Waals surface area (Å²) in [7, 11) is 0. The molecule has 8 heteroatoms. The maximum absolute atomic E-state index is 5.51. The van der Waals surface area contributed by atoms with Gasteiger partial charge in [0.05, 0.1) is 0 Å². The molecule has 0 radical (unpaired) electrons. The summed E-state index contributed by atoms with van der Waals surface area (Å²) in [4.78, 5) is 31.8. The monoisotopic (exact) mass is 1440 g/mol. The lowest BCUT2D eigenvalue weighted by molar-refractivity contribution is 1.08. The zero-order valence-electron chi connectivity index (χ0n) is 59.5. The first-order valence-electron chi connectivity index (χ1n) is 36.9. The lowest BCUT2D eigenvalue weighted by atomic mass is 9.85. The molecule has 0 aliphatic heterocycles. The Labute approximate surface area is 645 Å². The molecule has 4 heterocycles. The van der Waals surface area contributed by atoms with Gasteiger partial charge in [-0.25, -0.2) is 29.9 Å². The molecule has 6 nitrogen and oxygen atoms in total. The van der Waals surface area contributed by atoms with Crippen LogP contribution in [0, 0.1) is 0 Å². The molecule has 4 aromatic heterocycles. The van der Waals surface area contributed by atoms with Crippen LogP contribution in [0.3, 0.4) is 0 Å². The van der Waals surface area contributed by atoms with E-state index in [0.29, 0.717) is 34.9 Å². The minimum Gasteiger partial charge on any atom is -0.208 e. The molecule has 0 amide bonds. The predicted octanol–water partition coefficient (Wildman–Crippen LogP) is 27.8. The van der Waals surface area contributed by atoms with Gasteiger partial charge in [0.1, 0.15) is 0 Å². The van der Waals surface area contributed by atoms with E-state index in [4.69, 9.17) is 29.9 Å². The van der Waals surface area contributed by atoms with Gasteiger partial charge < -0.3 is 0 Å². The molecular weight excluding hydrogens is 1370 g/mol. The van der Waals surface area contributed by atoms with E-state index < -0.39 is 0 Å². The quantitative estimate of drug-likeness (QED) is 0.102. The molecule has 0 aliphatic carbocycles. The van der Waals surface area contributed by atoms with Crippen LogP contribution < -0.4 is 0 Å². The van der Waals surface area contributed by atoms with Gasteiger partial charge in [-0.2, -0.15) is 0 Å². The first kappa shape index (κ1) is 65.5. The molecule has 0 unspecified atom stereocenters. The van der Waals surface area contributed by atoms with Crippen molar-refractivity contribution in [2.75, 3.05) is 0 Å². The van der Waals surface area contributed by atoms with Gasteiger partial charge in [0.25, 0.3) is 0 Å². The molecule has 0 atom stereocenters. The van der Waals surface area contributed by atoms with E-state index in [9.17, 15) is 0 Å². The van der Waals surface area contributed by atoms with Crippen molar-refractivity contribution in [3.63, 3.8) is 0 Å². The number of fused-ring (bicyclic) bond motifs is 6. The summed E-state index contributed by atoms with van der Waals surface area (Å²) in [5.41, 5.74) is 25.8. The second-order valence-electron chi connectivity index (χ2n) is 27.6. The van der Waals surface area contributed by atoms with E-state index in [-0.39, 0.29) is 0 Å². The van der Waals surface area contributed by atoms with Gasteiger partial charge >= 0.3 is 0 Å². The Balaban J connectivity index is 0.765. The van der Waals surface area contributed by atoms with Gasteiger partial charge in [-0.15, -0.1) is 22.7 Å². The molecule has 0 aliphatic rings. The highest BCUT2D eigenvalue weighted by molar-refractivity contribution is 7.26. The van der Waals surface area contributed by atoms with Crippen LogP contribution in [0.5, 0.6) is 0 Å². The van der Waals surface area contributed by atoms with Crippen LogP contribution in [-0.2, 0) is 0 Å². The minimum absolute atomic E-state index is 0.593. The lowest BCUT2D eigenvalue weighted by Crippen LogP contribution is -2.00. The van der Waals surface area contributed by atoms with Crippen molar-refractivity contribution in [3.05, 3.63) is 388 Å². The Hall–Kier alpha value is -14.0. The molecule has 20 aromatic rings. The maximum Gasteiger partial charge on any atom is 0.164 e. The summed E-state index contributed by atoms with van der Waals surface area (Å²) in [5.74, 6) is 3.68. The normalized spacial score (nSPS) is 11.5. The third-order valence-corrected chi connectivity index (χ3v) is 23.0. The number of aromatic nitrogens is 6. The molecular formula is C102H64N6S2. The highest BCUT2D eigenvalue weighted by Gasteiger charge is 2.24. The van der Waals surface area contributed by atoms with E-state index in [1.54, 1.807) is 22.7 Å². The highest BCUT2D eigenvalue weighted by Crippen LogP contribution is 2.49. The Morgan fingerprint density at radius 3 is 0.973 bits per heavy atom. The summed E-state index contributed by atoms with van der Waals surface area (Å²) in [6.07, 6.45) is 0. The first-order valence-corrected chi connectivity index (χ1v) is 38.6. The first-order chi connectivity index (χ1) is 54.5. The van der Waals surface area contributed by atoms with Crippen molar-refractivity contribution in [2.45, 2.75) is 0 Å². The van der Waals surface area contributed by atoms with Crippen molar-refractivity contribution in [3.8, 4) is 168 Å². The number of rotatable bonds is 15. The van der Waals surface area contributed by atoms with Gasteiger partial charge in [0, 0.05) is 73.7 Å². The van der Waals surface area contributed by atoms with Crippen LogP contribution in [0.1, 0.15) is 0 Å². The largest absolute Gasteiger partial charge is 0.208 e. The van der Waals surface area contributed by atoms with Crippen LogP contribution in [0.15, 0.2) is 388 Å². The second-order valence-corrected chi connectivity index (χ2v) is 29.8. The van der Waals surface area contributed by atoms with Gasteiger partial charge in [0.15, 0.2) is 34.9 Å². The number of hydrogen-bond acceptors (Lipinski definition) is 8. The van der Waals surface area contributed by atoms with E-state index >= 15 is 0 Å². The third-order valence-electron chi connectivity index (χ3n) is 20.8. The van der Waals surface area contributed by atoms with E-state index in [0.717, 1.165) is 141 Å². The van der Waals surface area contributed by atoms with Crippen molar-refractivity contribution in [2.24, 2.45) is 0 Å². The zero-order chi connectivity index (χ0) is 72.9. The van der Waals surface area contributed by atoms with Crippen molar-refractivity contribution < 1.29 is 0 Å². The predicted molar refractivity (Wildman–Crippen MR) is 461 cm³/mol. The summed E-state index contributed by atoms with van der Waals surface area (Å²) in [6.45, 7) is 0. The van der Waals surface area contributed by atoms with Crippen molar-refractivity contribution in [1.29, 1.82) is 0 Å². The third kappa shape index (κ3) is 12.5. The molecule has 16 aromatic carbocycles. The van der Waals surface area contributed by atoms with Gasteiger partial charge in [-0.05, 0) is 173 Å². The number of nitrogens with zero attached hydrogens (tertiary/aromatic N) is 6. The van der Waals surface area contributed by atoms with Crippen molar-refractivity contribution in [1.82, 2.24) is 29.9 Å². The zero-order valence-corrected chi connectivity index (χ0v) is 61.1. The SMILES string of the molecule is c1ccc(-c2cccc(-c3cc(-c4cccc(-c5cc(-c6nc(-c7ccccc7)nc(-c7ccccc7)n6)c6c(c5)sc5ccc(-c7cccc(-c8ccccc8-c8ccccc8)c7-c7ccccc7)cc56)c4)cc(-c4ccc5sc6cccc(-c7nc(-c8ccccc8)nc(-c8ccccc8)n7)c6c5c4)c3)c2)cc1. The fourth-order valence-corrected chi connectivity index (χ4v) is 17.8. The summed E-state index contributed by atoms with van der Waals surface area (Å²) in [6, 6.07) is 139. The van der Waals surface area contributed by atoms with Crippen LogP contribution in [0.2, 0.25) is 0 Å². The summed E-state index contributed by atoms with van der Waals surface area (Å²) in [5, 5.41) is 4.46. The summed E-state index contributed by atoms with van der Waals surface area (Å²) >= 11 is 3.60. The van der Waals surface area contributed by atoms with E-state index in [1.165, 1.54) is 32.5 Å². The van der Waals surface area contributed by atoms with Crippen LogP contribution in [0.25, 0.3) is 209 Å². The van der Waals surface area contributed by atoms with Crippen LogP contribution >= 0.6 is 22.7 Å². The molecule has 0 saturated heterocycles. The Morgan fingerprint density at radius 1 is 0.145 bits per heavy atom. The molecule has 110 heavy (non-hydrogen) atoms. The average Bonchev–Trinajstić information content (AvgIpc) is 1.47. The Morgan fingerprint density at radius 2 is 0.464 bits per heavy atom. The smallest absolute Gasteiger partial charge is 0.164 e. The standard InChI is InChI=1S/C102H64N6S2/c1-8-28-65(29-9-1)72-42-24-43-73(56-72)78-58-79(60-80(59-78)76-52-54-90-87(61-76)95-86(50-27-51-92(95)109-90)101-105-97(68-34-14-4-15-35-68)103-98(106-101)69-36-16-5-17-37-69)74-44-25-45-75(57-74)81-63-89(102-107-99(70-38-18-6-19-39-70)104-100(108-102)71-40-20-7-21-41-71)96-88-62-77(53-55-91(88)110-93(96)64-81)83-48-26-49-85(94(83)67-32-12-3-13-33-67)84-47-23-22-46-82(84)66-30-10-2-11-31-66/h1-64H. The van der Waals surface area contributed by atoms with E-state index in [2.05, 4.69) is 315 Å². The molecule has 0 bridgehead atoms. The maximum atomic E-state index is 5.51. The lowest BCUT2D eigenvalue weighted by Gasteiger charge is -2.19. The highest BCUT2D eigenvalue weighted by atomic mass is 32.1. The van der Waals surface area contributed by atoms with Gasteiger partial charge in [-0.1, -0.05) is 315 Å². The second kappa shape index (κ2) is 28.4. The van der Waals surface area contributed by atoms with Crippen molar-refractivity contribution >= 4 is 63.0 Å². The van der Waals surface area contributed by atoms with Crippen LogP contribution in [-0.4, -0.2) is 29.9 Å². The molecule has 0 spiro atoms. The van der Waals surface area contributed by atoms with Crippen LogP contribution in [0.4, 0.5) is 0 Å². The minimum atomic E-state index is 0.593. The Bertz CT molecular complexity index is 6750. The fourth-order valence-electron chi connectivity index (χ4n) is 15.5. The van der Waals surface area contributed by atoms with Gasteiger partial charge in [0.2, 0.25) is 0 Å². The fraction of sp³-hybridized carbons (Fsp3) is 0. The number of hydrogen-bond donors (Lipinski definition) is 0. The number of thiophene rings is 2. The molecule has 20 rings (SSSR count). The topological polar surface area (TPSA) is 77.3 Å². The molecule has 514 valence electrons. The average molecular weight is 1440 g/mol.